The van der Waals surface area contributed by atoms with Crippen LogP contribution in [-0.2, 0) is 27.7 Å². The van der Waals surface area contributed by atoms with Gasteiger partial charge in [-0.1, -0.05) is 10.4 Å². The monoisotopic (exact) mass is 965 g/mol. The number of rotatable bonds is 0. The van der Waals surface area contributed by atoms with Crippen LogP contribution in [0.4, 0.5) is 17.6 Å². The molecule has 0 aliphatic heterocycles. The number of nitrogen functional groups attached to an aromatic ring is 3. The molecule has 0 bridgehead atoms. The van der Waals surface area contributed by atoms with Gasteiger partial charge >= 0.3 is 5.69 Å². The van der Waals surface area contributed by atoms with E-state index in [1.807, 2.05) is 98.5 Å². The lowest BCUT2D eigenvalue weighted by atomic mass is 10.1. The average molecular weight is 965 g/mol. The molecule has 0 saturated heterocycles. The molecule has 9 aromatic rings. The molecular weight excluding hydrogens is 901 g/mol. The Balaban J connectivity index is 0.000000163. The van der Waals surface area contributed by atoms with Crippen molar-refractivity contribution >= 4 is 62.0 Å². The maximum Gasteiger partial charge on any atom is 0.328 e. The van der Waals surface area contributed by atoms with Gasteiger partial charge in [-0.2, -0.15) is 10.1 Å². The fraction of sp³-hybridized carbons (Fsp3) is 0.477. The van der Waals surface area contributed by atoms with Gasteiger partial charge in [0.05, 0.1) is 39.9 Å². The van der Waals surface area contributed by atoms with Gasteiger partial charge in [-0.05, 0) is 117 Å². The molecule has 0 spiro atoms. The molecule has 26 heteroatoms. The smallest absolute Gasteiger partial charge is 0.328 e. The van der Waals surface area contributed by atoms with Crippen LogP contribution in [-0.4, -0.2) is 93.8 Å². The molecule has 9 rings (SSSR count). The van der Waals surface area contributed by atoms with E-state index in [1.165, 1.54) is 23.5 Å². The number of aromatic amines is 3. The van der Waals surface area contributed by atoms with Crippen molar-refractivity contribution in [3.8, 4) is 0 Å². The molecule has 0 atom stereocenters. The Bertz CT molecular complexity index is 3420. The molecule has 9 heterocycles. The lowest BCUT2D eigenvalue weighted by Gasteiger charge is -2.21. The number of aromatic nitrogens is 19. The number of fused-ring (bicyclic) bond motifs is 4. The standard InChI is InChI=1S/C10H14N4O.C9H13N5.C9H14N2O2.C8H12N6.C8H11N5O/c1-10(2,3)14-5-4-6-7(14)12-9(11)13-8(6)15;1-9(2,3)14-8-6(4-13-14)7(10)11-5-12-8;1-6-5-11(9(2,3)4)8(13)10-7(6)12;1-8(2,3)14-7-5(12-13-14)6(9)10-4-11-7;1-8(2,3)13-6-5(11-12-13)7(14)10-4-9-6/h4-5H,1-3H3,(H3,11,12,13,15);4-5H,1-3H3,(H2,10,11,12);5H,1-4H3,(H,10,12,13);4H,1-3H3,(H2,9,10,11);4H,1-3H3,(H,9,10,14). The number of H-pyrrole nitrogens is 3. The van der Waals surface area contributed by atoms with Crippen molar-refractivity contribution in [2.45, 2.75) is 138 Å². The third-order valence-electron chi connectivity index (χ3n) is 9.95. The Hall–Kier alpha value is -8.19. The molecule has 9 aromatic heterocycles. The summed E-state index contributed by atoms with van der Waals surface area (Å²) in [5, 5.41) is 21.3. The van der Waals surface area contributed by atoms with Crippen molar-refractivity contribution in [3.05, 3.63) is 90.7 Å². The summed E-state index contributed by atoms with van der Waals surface area (Å²) in [5.41, 5.74) is 18.8. The zero-order chi connectivity index (χ0) is 52.5. The molecule has 0 aliphatic carbocycles. The van der Waals surface area contributed by atoms with Gasteiger partial charge in [-0.25, -0.2) is 43.8 Å². The van der Waals surface area contributed by atoms with Crippen LogP contribution in [0.3, 0.4) is 0 Å². The van der Waals surface area contributed by atoms with Crippen molar-refractivity contribution in [2.75, 3.05) is 17.2 Å². The minimum Gasteiger partial charge on any atom is -0.383 e. The number of hydrogen-bond acceptors (Lipinski definition) is 18. The van der Waals surface area contributed by atoms with Crippen LogP contribution < -0.4 is 39.6 Å². The summed E-state index contributed by atoms with van der Waals surface area (Å²) in [6, 6.07) is 1.76. The highest BCUT2D eigenvalue weighted by Crippen LogP contribution is 2.23. The number of anilines is 3. The Morgan fingerprint density at radius 2 is 1.06 bits per heavy atom. The van der Waals surface area contributed by atoms with Crippen LogP contribution in [0.1, 0.15) is 109 Å². The molecular formula is C44H64N22O4. The first-order valence-corrected chi connectivity index (χ1v) is 22.0. The number of nitrogens with zero attached hydrogens (tertiary/aromatic N) is 16. The lowest BCUT2D eigenvalue weighted by Crippen LogP contribution is -2.39. The van der Waals surface area contributed by atoms with Gasteiger partial charge in [0.1, 0.15) is 24.1 Å². The van der Waals surface area contributed by atoms with E-state index in [9.17, 15) is 19.2 Å². The number of aryl methyl sites for hydroxylation is 1. The molecule has 0 saturated carbocycles. The average Bonchev–Trinajstić information content (AvgIpc) is 4.05. The molecule has 0 aliphatic rings. The highest BCUT2D eigenvalue weighted by atomic mass is 16.2. The van der Waals surface area contributed by atoms with Crippen molar-refractivity contribution < 1.29 is 0 Å². The van der Waals surface area contributed by atoms with Gasteiger partial charge in [0.2, 0.25) is 5.95 Å². The minimum atomic E-state index is -0.358. The van der Waals surface area contributed by atoms with E-state index in [0.717, 1.165) is 11.0 Å². The molecule has 70 heavy (non-hydrogen) atoms. The number of nitrogens with one attached hydrogen (secondary N) is 3. The normalized spacial score (nSPS) is 12.1. The molecule has 9 N–H and O–H groups in total. The van der Waals surface area contributed by atoms with Gasteiger partial charge < -0.3 is 26.8 Å². The molecule has 0 amide bonds. The Morgan fingerprint density at radius 1 is 0.529 bits per heavy atom. The van der Waals surface area contributed by atoms with Crippen LogP contribution in [0.25, 0.3) is 44.4 Å². The van der Waals surface area contributed by atoms with E-state index in [4.69, 9.17) is 17.2 Å². The van der Waals surface area contributed by atoms with Gasteiger partial charge in [0.25, 0.3) is 16.7 Å². The minimum absolute atomic E-state index is 0.0947. The van der Waals surface area contributed by atoms with Gasteiger partial charge in [0, 0.05) is 29.0 Å². The second-order valence-corrected chi connectivity index (χ2v) is 21.1. The van der Waals surface area contributed by atoms with E-state index < -0.39 is 0 Å². The SMILES string of the molecule is CC(C)(C)n1ccc2c(=O)[nH]c(N)nc21.CC(C)(C)n1ncc2c(N)ncnc21.CC(C)(C)n1nnc2c(=O)[nH]cnc21.CC(C)(C)n1nnc2c(N)ncnc21.Cc1cn(C(C)(C)C)c(=O)[nH]c1=O. The summed E-state index contributed by atoms with van der Waals surface area (Å²) in [7, 11) is 0. The topological polar surface area (TPSA) is 360 Å². The summed E-state index contributed by atoms with van der Waals surface area (Å²) >= 11 is 0. The first-order chi connectivity index (χ1) is 32.2. The van der Waals surface area contributed by atoms with Crippen molar-refractivity contribution in [1.29, 1.82) is 0 Å². The maximum absolute atomic E-state index is 11.6. The zero-order valence-electron chi connectivity index (χ0n) is 42.6. The number of hydrogen-bond donors (Lipinski definition) is 6. The molecule has 0 unspecified atom stereocenters. The Kier molecular flexibility index (Phi) is 14.6. The van der Waals surface area contributed by atoms with Crippen molar-refractivity contribution in [1.82, 2.24) is 93.8 Å². The van der Waals surface area contributed by atoms with Crippen LogP contribution in [0.2, 0.25) is 0 Å². The maximum atomic E-state index is 11.6. The summed E-state index contributed by atoms with van der Waals surface area (Å²) in [4.78, 5) is 76.7. The van der Waals surface area contributed by atoms with E-state index >= 15 is 0 Å². The van der Waals surface area contributed by atoms with Gasteiger partial charge in [-0.3, -0.25) is 28.9 Å². The largest absolute Gasteiger partial charge is 0.383 e. The second kappa shape index (κ2) is 19.4. The van der Waals surface area contributed by atoms with E-state index in [1.54, 1.807) is 34.7 Å². The lowest BCUT2D eigenvalue weighted by molar-refractivity contribution is 0.356. The molecule has 26 nitrogen and oxygen atoms in total. The molecule has 0 radical (unpaired) electrons. The summed E-state index contributed by atoms with van der Waals surface area (Å²) < 4.78 is 8.68. The molecule has 0 fully saturated rings. The first-order valence-electron chi connectivity index (χ1n) is 22.0. The highest BCUT2D eigenvalue weighted by molar-refractivity contribution is 5.85. The fourth-order valence-corrected chi connectivity index (χ4v) is 6.43. The molecule has 374 valence electrons. The van der Waals surface area contributed by atoms with E-state index in [0.29, 0.717) is 45.0 Å². The first kappa shape index (κ1) is 52.8. The van der Waals surface area contributed by atoms with Crippen molar-refractivity contribution in [2.24, 2.45) is 0 Å². The predicted octanol–water partition coefficient (Wildman–Crippen LogP) is 3.65. The van der Waals surface area contributed by atoms with E-state index in [-0.39, 0.29) is 61.5 Å². The highest BCUT2D eigenvalue weighted by Gasteiger charge is 2.23. The number of nitrogens with two attached hydrogens (primary N) is 3. The van der Waals surface area contributed by atoms with E-state index in [2.05, 4.69) is 91.3 Å². The van der Waals surface area contributed by atoms with Crippen LogP contribution in [0.5, 0.6) is 0 Å². The second-order valence-electron chi connectivity index (χ2n) is 21.1. The Labute approximate surface area is 401 Å². The third kappa shape index (κ3) is 11.9. The van der Waals surface area contributed by atoms with Crippen LogP contribution in [0.15, 0.2) is 62.8 Å². The van der Waals surface area contributed by atoms with Crippen LogP contribution >= 0.6 is 0 Å². The van der Waals surface area contributed by atoms with Gasteiger partial charge in [0.15, 0.2) is 33.8 Å². The Morgan fingerprint density at radius 3 is 1.61 bits per heavy atom. The van der Waals surface area contributed by atoms with Crippen LogP contribution in [0, 0.1) is 6.92 Å². The zero-order valence-corrected chi connectivity index (χ0v) is 42.6. The quantitative estimate of drug-likeness (QED) is 0.126. The summed E-state index contributed by atoms with van der Waals surface area (Å²) in [6.45, 7) is 31.8. The summed E-state index contributed by atoms with van der Waals surface area (Å²) in [6.07, 6.45) is 9.38. The third-order valence-corrected chi connectivity index (χ3v) is 9.95. The molecule has 0 aromatic carbocycles. The van der Waals surface area contributed by atoms with Crippen molar-refractivity contribution in [3.63, 3.8) is 0 Å². The predicted molar refractivity (Wildman–Crippen MR) is 269 cm³/mol. The van der Waals surface area contributed by atoms with Gasteiger partial charge in [-0.15, -0.1) is 10.2 Å². The summed E-state index contributed by atoms with van der Waals surface area (Å²) in [5.74, 6) is 0.993. The fourth-order valence-electron chi connectivity index (χ4n) is 6.43.